The maximum atomic E-state index is 2.54. The van der Waals surface area contributed by atoms with E-state index in [0.29, 0.717) is 0 Å². The van der Waals surface area contributed by atoms with Crippen molar-refractivity contribution in [3.8, 4) is 0 Å². The molecule has 0 bridgehead atoms. The molecule has 0 aromatic rings. The average Bonchev–Trinajstić information content (AvgIpc) is 1.98. The summed E-state index contributed by atoms with van der Waals surface area (Å²) in [5.74, 6) is 0. The molecule has 0 unspecified atom stereocenters. The molecular weight excluding hydrogens is 264 g/mol. The molecule has 0 N–H and O–H groups in total. The van der Waals surface area contributed by atoms with Gasteiger partial charge in [-0.15, -0.1) is 0 Å². The fourth-order valence-electron chi connectivity index (χ4n) is 2.78. The minimum atomic E-state index is -1.06. The topological polar surface area (TPSA) is 0 Å². The lowest BCUT2D eigenvalue weighted by Crippen LogP contribution is -2.58. The lowest BCUT2D eigenvalue weighted by molar-refractivity contribution is 0.941. The molecule has 0 radical (unpaired) electrons. The normalized spacial score (nSPS) is 23.2. The highest BCUT2D eigenvalue weighted by atomic mass is 32.9. The van der Waals surface area contributed by atoms with Crippen LogP contribution >= 0.6 is 21.3 Å². The van der Waals surface area contributed by atoms with Crippen molar-refractivity contribution in [2.45, 2.75) is 77.6 Å². The molecule has 0 aliphatic carbocycles. The second kappa shape index (κ2) is 5.02. The van der Waals surface area contributed by atoms with Crippen LogP contribution < -0.4 is 0 Å². The number of hydrogen-bond acceptors (Lipinski definition) is 2. The lowest BCUT2D eigenvalue weighted by Gasteiger charge is -2.60. The molecule has 0 aromatic heterocycles. The van der Waals surface area contributed by atoms with Crippen molar-refractivity contribution in [2.75, 3.05) is 0 Å². The summed E-state index contributed by atoms with van der Waals surface area (Å²) in [6.07, 6.45) is -2.13. The summed E-state index contributed by atoms with van der Waals surface area (Å²) >= 11 is 0. The van der Waals surface area contributed by atoms with Gasteiger partial charge in [0.1, 0.15) is 0 Å². The molecule has 16 heavy (non-hydrogen) atoms. The molecule has 1 aliphatic heterocycles. The predicted molar refractivity (Wildman–Crippen MR) is 87.1 cm³/mol. The Morgan fingerprint density at radius 3 is 0.812 bits per heavy atom. The van der Waals surface area contributed by atoms with E-state index in [-0.39, 0.29) is 0 Å². The average molecular weight is 293 g/mol. The van der Waals surface area contributed by atoms with Crippen LogP contribution in [0.3, 0.4) is 0 Å². The molecule has 0 nitrogen and oxygen atoms in total. The fraction of sp³-hybridized carbons (Fsp3) is 1.00. The van der Waals surface area contributed by atoms with Gasteiger partial charge in [-0.05, 0) is 22.2 Å². The Kier molecular flexibility index (Phi) is 4.77. The number of rotatable bonds is 4. The lowest BCUT2D eigenvalue weighted by atomic mass is 10.5. The Hall–Kier alpha value is 1.13. The van der Waals surface area contributed by atoms with Crippen molar-refractivity contribution >= 4 is 34.1 Å². The molecule has 0 spiro atoms. The summed E-state index contributed by atoms with van der Waals surface area (Å²) in [5.41, 5.74) is 3.72. The van der Waals surface area contributed by atoms with E-state index in [1.165, 1.54) is 0 Å². The summed E-state index contributed by atoms with van der Waals surface area (Å²) in [5, 5.41) is 0. The minimum Gasteiger partial charge on any atom is -0.182 e. The summed E-state index contributed by atoms with van der Waals surface area (Å²) in [6, 6.07) is 0. The third-order valence-corrected chi connectivity index (χ3v) is 47.2. The van der Waals surface area contributed by atoms with Gasteiger partial charge < -0.3 is 0 Å². The van der Waals surface area contributed by atoms with Gasteiger partial charge in [-0.25, -0.2) is 0 Å². The maximum absolute atomic E-state index is 2.54. The second-order valence-corrected chi connectivity index (χ2v) is 28.7. The van der Waals surface area contributed by atoms with E-state index in [0.717, 1.165) is 22.2 Å². The van der Waals surface area contributed by atoms with E-state index < -0.39 is 12.7 Å². The summed E-state index contributed by atoms with van der Waals surface area (Å²) < 4.78 is 0. The van der Waals surface area contributed by atoms with Crippen LogP contribution in [0.25, 0.3) is 0 Å². The molecule has 0 saturated carbocycles. The molecule has 0 atom stereocenters. The maximum Gasteiger partial charge on any atom is 0.171 e. The van der Waals surface area contributed by atoms with E-state index in [9.17, 15) is 0 Å². The van der Waals surface area contributed by atoms with Crippen LogP contribution in [0.5, 0.6) is 0 Å². The Morgan fingerprint density at radius 2 is 0.688 bits per heavy atom. The molecule has 1 saturated heterocycles. The van der Waals surface area contributed by atoms with E-state index in [1.54, 1.807) is 0 Å². The molecule has 4 heteroatoms. The first-order valence-corrected chi connectivity index (χ1v) is 15.4. The van der Waals surface area contributed by atoms with Crippen molar-refractivity contribution in [1.82, 2.24) is 0 Å². The van der Waals surface area contributed by atoms with Crippen LogP contribution in [-0.4, -0.2) is 12.7 Å². The van der Waals surface area contributed by atoms with Crippen molar-refractivity contribution in [2.24, 2.45) is 0 Å². The predicted octanol–water partition coefficient (Wildman–Crippen LogP) is 5.99. The monoisotopic (exact) mass is 292 g/mol. The van der Waals surface area contributed by atoms with E-state index in [4.69, 9.17) is 0 Å². The summed E-state index contributed by atoms with van der Waals surface area (Å²) in [6.45, 7) is 19.7. The van der Waals surface area contributed by atoms with Gasteiger partial charge in [0.15, 0.2) is 12.7 Å². The van der Waals surface area contributed by atoms with Crippen molar-refractivity contribution in [3.05, 3.63) is 0 Å². The highest BCUT2D eigenvalue weighted by Gasteiger charge is 2.64. The molecule has 1 heterocycles. The van der Waals surface area contributed by atoms with Gasteiger partial charge >= 0.3 is 0 Å². The largest absolute Gasteiger partial charge is 0.182 e. The molecule has 0 amide bonds. The molecule has 96 valence electrons. The number of hydrogen-bond donors (Lipinski definition) is 0. The Balaban J connectivity index is 2.89. The van der Waals surface area contributed by atoms with Crippen molar-refractivity contribution in [3.63, 3.8) is 0 Å². The van der Waals surface area contributed by atoms with Crippen LogP contribution in [0.2, 0.25) is 22.2 Å². The Bertz CT molecular complexity index is 199. The quantitative estimate of drug-likeness (QED) is 0.584. The fourth-order valence-corrected chi connectivity index (χ4v) is 55.8. The van der Waals surface area contributed by atoms with Crippen LogP contribution in [0, 0.1) is 0 Å². The molecule has 0 aromatic carbocycles. The first-order valence-electron chi connectivity index (χ1n) is 6.59. The molecule has 1 rings (SSSR count). The van der Waals surface area contributed by atoms with Crippen molar-refractivity contribution < 1.29 is 0 Å². The molecular formula is C12H28S2Si2. The van der Waals surface area contributed by atoms with E-state index >= 15 is 0 Å². The SMILES string of the molecule is CC(C)[Si]1(C(C)C)S[Si](C(C)C)(C(C)C)S1. The first-order chi connectivity index (χ1) is 7.19. The van der Waals surface area contributed by atoms with Gasteiger partial charge in [0, 0.05) is 0 Å². The van der Waals surface area contributed by atoms with E-state index in [1.807, 2.05) is 0 Å². The van der Waals surface area contributed by atoms with Crippen molar-refractivity contribution in [1.29, 1.82) is 0 Å². The van der Waals surface area contributed by atoms with E-state index in [2.05, 4.69) is 76.7 Å². The smallest absolute Gasteiger partial charge is 0.171 e. The zero-order chi connectivity index (χ0) is 12.7. The standard InChI is InChI=1S/C12H28S2Si2/c1-9(2)15(10(3)4)13-16(14-15,11(5)6)12(7)8/h9-12H,1-8H3. The Labute approximate surface area is 111 Å². The van der Waals surface area contributed by atoms with Crippen LogP contribution in [-0.2, 0) is 0 Å². The van der Waals surface area contributed by atoms with Gasteiger partial charge in [-0.2, -0.15) is 21.3 Å². The minimum absolute atomic E-state index is 0.931. The zero-order valence-electron chi connectivity index (χ0n) is 12.1. The van der Waals surface area contributed by atoms with Crippen LogP contribution in [0.1, 0.15) is 55.4 Å². The first kappa shape index (κ1) is 15.2. The van der Waals surface area contributed by atoms with Gasteiger partial charge in [-0.1, -0.05) is 55.4 Å². The van der Waals surface area contributed by atoms with Gasteiger partial charge in [-0.3, -0.25) is 0 Å². The summed E-state index contributed by atoms with van der Waals surface area (Å²) in [7, 11) is 5.08. The summed E-state index contributed by atoms with van der Waals surface area (Å²) in [4.78, 5) is 0. The van der Waals surface area contributed by atoms with Gasteiger partial charge in [0.25, 0.3) is 0 Å². The zero-order valence-corrected chi connectivity index (χ0v) is 15.8. The second-order valence-electron chi connectivity index (χ2n) is 6.27. The molecule has 1 fully saturated rings. The van der Waals surface area contributed by atoms with Crippen LogP contribution in [0.15, 0.2) is 0 Å². The third-order valence-electron chi connectivity index (χ3n) is 3.86. The third kappa shape index (κ3) is 2.19. The van der Waals surface area contributed by atoms with Gasteiger partial charge in [0.2, 0.25) is 0 Å². The highest BCUT2D eigenvalue weighted by molar-refractivity contribution is 8.98. The van der Waals surface area contributed by atoms with Gasteiger partial charge in [0.05, 0.1) is 0 Å². The highest BCUT2D eigenvalue weighted by Crippen LogP contribution is 2.72. The Morgan fingerprint density at radius 1 is 0.500 bits per heavy atom. The van der Waals surface area contributed by atoms with Crippen LogP contribution in [0.4, 0.5) is 0 Å². The molecule has 1 aliphatic rings.